The molecule has 2 aromatic rings. The van der Waals surface area contributed by atoms with E-state index in [0.717, 1.165) is 12.0 Å². The average molecular weight is 252 g/mol. The molecule has 5 nitrogen and oxygen atoms in total. The summed E-state index contributed by atoms with van der Waals surface area (Å²) in [7, 11) is 0. The topological polar surface area (TPSA) is 69.6 Å². The van der Waals surface area contributed by atoms with Crippen molar-refractivity contribution in [2.75, 3.05) is 5.73 Å². The van der Waals surface area contributed by atoms with E-state index in [1.54, 1.807) is 16.8 Å². The van der Waals surface area contributed by atoms with Gasteiger partial charge in [0.2, 0.25) is 0 Å². The van der Waals surface area contributed by atoms with Crippen LogP contribution < -0.4 is 5.73 Å². The maximum absolute atomic E-state index is 5.99. The number of nitrogens with two attached hydrogens (primary N) is 1. The zero-order chi connectivity index (χ0) is 12.4. The summed E-state index contributed by atoms with van der Waals surface area (Å²) in [6, 6.07) is 5.65. The highest BCUT2D eigenvalue weighted by Crippen LogP contribution is 2.26. The molecular weight excluding hydrogens is 238 g/mol. The van der Waals surface area contributed by atoms with E-state index in [-0.39, 0.29) is 6.04 Å². The summed E-state index contributed by atoms with van der Waals surface area (Å²) in [6.45, 7) is 4.16. The van der Waals surface area contributed by atoms with E-state index in [2.05, 4.69) is 29.4 Å². The largest absolute Gasteiger partial charge is 0.398 e. The Morgan fingerprint density at radius 3 is 2.88 bits per heavy atom. The van der Waals surface area contributed by atoms with Crippen molar-refractivity contribution in [3.63, 3.8) is 0 Å². The highest BCUT2D eigenvalue weighted by atomic mass is 35.5. The Bertz CT molecular complexity index is 522. The number of nitrogen functional groups attached to an aromatic ring is 1. The van der Waals surface area contributed by atoms with Crippen molar-refractivity contribution < 1.29 is 0 Å². The van der Waals surface area contributed by atoms with Crippen molar-refractivity contribution in [3.05, 3.63) is 23.2 Å². The number of tetrazole rings is 1. The minimum atomic E-state index is 0.247. The molecule has 90 valence electrons. The zero-order valence-electron chi connectivity index (χ0n) is 9.76. The minimum absolute atomic E-state index is 0.247. The van der Waals surface area contributed by atoms with E-state index in [4.69, 9.17) is 17.3 Å². The first-order valence-corrected chi connectivity index (χ1v) is 5.84. The third kappa shape index (κ3) is 2.24. The molecule has 0 aliphatic carbocycles. The predicted octanol–water partition coefficient (Wildman–Crippen LogP) is 2.55. The first-order valence-electron chi connectivity index (χ1n) is 5.46. The number of benzene rings is 1. The van der Waals surface area contributed by atoms with E-state index in [0.29, 0.717) is 16.5 Å². The van der Waals surface area contributed by atoms with Gasteiger partial charge in [0.1, 0.15) is 0 Å². The standard InChI is InChI=1S/C11H14ClN5/c1-3-7(2)17-11(14-15-16-17)8-4-5-10(13)9(12)6-8/h4-7H,3,13H2,1-2H3. The van der Waals surface area contributed by atoms with Gasteiger partial charge in [-0.25, -0.2) is 4.68 Å². The van der Waals surface area contributed by atoms with Crippen LogP contribution in [-0.4, -0.2) is 20.2 Å². The van der Waals surface area contributed by atoms with Crippen LogP contribution in [0.15, 0.2) is 18.2 Å². The average Bonchev–Trinajstić information content (AvgIpc) is 2.80. The van der Waals surface area contributed by atoms with Crippen LogP contribution in [-0.2, 0) is 0 Å². The lowest BCUT2D eigenvalue weighted by Gasteiger charge is -2.11. The molecule has 2 N–H and O–H groups in total. The van der Waals surface area contributed by atoms with E-state index < -0.39 is 0 Å². The van der Waals surface area contributed by atoms with Gasteiger partial charge in [0, 0.05) is 5.56 Å². The summed E-state index contributed by atoms with van der Waals surface area (Å²) in [5, 5.41) is 12.2. The number of nitrogens with zero attached hydrogens (tertiary/aromatic N) is 4. The Morgan fingerprint density at radius 2 is 2.24 bits per heavy atom. The van der Waals surface area contributed by atoms with Crippen molar-refractivity contribution >= 4 is 17.3 Å². The lowest BCUT2D eigenvalue weighted by atomic mass is 10.2. The van der Waals surface area contributed by atoms with Crippen molar-refractivity contribution in [2.45, 2.75) is 26.3 Å². The maximum atomic E-state index is 5.99. The van der Waals surface area contributed by atoms with Gasteiger partial charge in [-0.1, -0.05) is 18.5 Å². The molecule has 1 aromatic carbocycles. The summed E-state index contributed by atoms with van der Waals surface area (Å²) in [5.41, 5.74) is 7.10. The molecule has 2 rings (SSSR count). The number of rotatable bonds is 3. The zero-order valence-corrected chi connectivity index (χ0v) is 10.5. The number of anilines is 1. The van der Waals surface area contributed by atoms with Crippen LogP contribution in [0.5, 0.6) is 0 Å². The molecule has 1 unspecified atom stereocenters. The highest BCUT2D eigenvalue weighted by Gasteiger charge is 2.13. The molecule has 0 spiro atoms. The molecular formula is C11H14ClN5. The Morgan fingerprint density at radius 1 is 1.47 bits per heavy atom. The molecule has 0 fully saturated rings. The smallest absolute Gasteiger partial charge is 0.182 e. The molecule has 0 amide bonds. The van der Waals surface area contributed by atoms with Crippen LogP contribution in [0.4, 0.5) is 5.69 Å². The van der Waals surface area contributed by atoms with Crippen LogP contribution >= 0.6 is 11.6 Å². The van der Waals surface area contributed by atoms with E-state index in [1.807, 2.05) is 6.07 Å². The molecule has 0 aliphatic heterocycles. The van der Waals surface area contributed by atoms with Crippen LogP contribution in [0.25, 0.3) is 11.4 Å². The fourth-order valence-electron chi connectivity index (χ4n) is 1.52. The predicted molar refractivity (Wildman–Crippen MR) is 67.7 cm³/mol. The molecule has 0 saturated carbocycles. The Balaban J connectivity index is 2.46. The van der Waals surface area contributed by atoms with Crippen molar-refractivity contribution in [3.8, 4) is 11.4 Å². The quantitative estimate of drug-likeness (QED) is 0.851. The first kappa shape index (κ1) is 11.9. The van der Waals surface area contributed by atoms with Crippen LogP contribution in [0, 0.1) is 0 Å². The number of halogens is 1. The SMILES string of the molecule is CCC(C)n1nnnc1-c1ccc(N)c(Cl)c1. The molecule has 0 aliphatic rings. The molecule has 17 heavy (non-hydrogen) atoms. The first-order chi connectivity index (χ1) is 8.13. The van der Waals surface area contributed by atoms with Gasteiger partial charge >= 0.3 is 0 Å². The van der Waals surface area contributed by atoms with Crippen LogP contribution in [0.1, 0.15) is 26.3 Å². The van der Waals surface area contributed by atoms with Gasteiger partial charge in [0.15, 0.2) is 5.82 Å². The monoisotopic (exact) mass is 251 g/mol. The second-order valence-corrected chi connectivity index (χ2v) is 4.35. The normalized spacial score (nSPS) is 12.6. The number of hydrogen-bond donors (Lipinski definition) is 1. The summed E-state index contributed by atoms with van der Waals surface area (Å²) < 4.78 is 1.79. The number of hydrogen-bond acceptors (Lipinski definition) is 4. The van der Waals surface area contributed by atoms with Gasteiger partial charge in [0.05, 0.1) is 16.8 Å². The summed E-state index contributed by atoms with van der Waals surface area (Å²) in [6.07, 6.45) is 0.959. The highest BCUT2D eigenvalue weighted by molar-refractivity contribution is 6.33. The summed E-state index contributed by atoms with van der Waals surface area (Å²) in [4.78, 5) is 0. The van der Waals surface area contributed by atoms with E-state index in [1.165, 1.54) is 0 Å². The van der Waals surface area contributed by atoms with E-state index in [9.17, 15) is 0 Å². The second-order valence-electron chi connectivity index (χ2n) is 3.94. The van der Waals surface area contributed by atoms with Gasteiger partial charge in [-0.15, -0.1) is 5.10 Å². The summed E-state index contributed by atoms with van der Waals surface area (Å²) >= 11 is 5.99. The molecule has 0 bridgehead atoms. The van der Waals surface area contributed by atoms with Gasteiger partial charge in [0.25, 0.3) is 0 Å². The van der Waals surface area contributed by atoms with Crippen molar-refractivity contribution in [1.82, 2.24) is 20.2 Å². The second kappa shape index (κ2) is 4.71. The molecule has 0 radical (unpaired) electrons. The Labute approximate surface area is 105 Å². The van der Waals surface area contributed by atoms with Crippen LogP contribution in [0.3, 0.4) is 0 Å². The lowest BCUT2D eigenvalue weighted by molar-refractivity contribution is 0.469. The fraction of sp³-hybridized carbons (Fsp3) is 0.364. The molecule has 1 atom stereocenters. The minimum Gasteiger partial charge on any atom is -0.398 e. The van der Waals surface area contributed by atoms with Gasteiger partial charge < -0.3 is 5.73 Å². The van der Waals surface area contributed by atoms with Crippen molar-refractivity contribution in [2.24, 2.45) is 0 Å². The molecule has 1 aromatic heterocycles. The third-order valence-corrected chi connectivity index (χ3v) is 3.09. The Kier molecular flexibility index (Phi) is 3.28. The number of aromatic nitrogens is 4. The van der Waals surface area contributed by atoms with Gasteiger partial charge in [-0.2, -0.15) is 0 Å². The summed E-state index contributed by atoms with van der Waals surface area (Å²) in [5.74, 6) is 0.709. The lowest BCUT2D eigenvalue weighted by Crippen LogP contribution is -2.08. The van der Waals surface area contributed by atoms with Gasteiger partial charge in [-0.3, -0.25) is 0 Å². The third-order valence-electron chi connectivity index (χ3n) is 2.76. The fourth-order valence-corrected chi connectivity index (χ4v) is 1.70. The Hall–Kier alpha value is -1.62. The van der Waals surface area contributed by atoms with E-state index >= 15 is 0 Å². The molecule has 6 heteroatoms. The van der Waals surface area contributed by atoms with Gasteiger partial charge in [-0.05, 0) is 42.0 Å². The van der Waals surface area contributed by atoms with Crippen molar-refractivity contribution in [1.29, 1.82) is 0 Å². The van der Waals surface area contributed by atoms with Crippen LogP contribution in [0.2, 0.25) is 5.02 Å². The molecule has 1 heterocycles. The molecule has 0 saturated heterocycles. The maximum Gasteiger partial charge on any atom is 0.182 e.